The van der Waals surface area contributed by atoms with Crippen LogP contribution in [0.3, 0.4) is 0 Å². The van der Waals surface area contributed by atoms with E-state index in [1.807, 2.05) is 6.92 Å². The first-order valence-corrected chi connectivity index (χ1v) is 6.36. The molecule has 0 aliphatic heterocycles. The van der Waals surface area contributed by atoms with Gasteiger partial charge >= 0.3 is 12.0 Å². The molecular weight excluding hydrogens is 294 g/mol. The average Bonchev–Trinajstić information content (AvgIpc) is 2.43. The average molecular weight is 306 g/mol. The number of carboxylic acid groups (broad SMARTS) is 1. The van der Waals surface area contributed by atoms with Gasteiger partial charge in [-0.1, -0.05) is 17.7 Å². The number of hydrogen-bond acceptors (Lipinski definition) is 3. The number of nitrogens with one attached hydrogen (secondary N) is 2. The first kappa shape index (κ1) is 14.8. The van der Waals surface area contributed by atoms with E-state index in [1.54, 1.807) is 18.2 Å². The highest BCUT2D eigenvalue weighted by Gasteiger charge is 2.07. The highest BCUT2D eigenvalue weighted by atomic mass is 35.5. The Morgan fingerprint density at radius 3 is 2.52 bits per heavy atom. The fourth-order valence-electron chi connectivity index (χ4n) is 1.59. The molecule has 108 valence electrons. The molecule has 0 spiro atoms. The van der Waals surface area contributed by atoms with Gasteiger partial charge in [0, 0.05) is 16.9 Å². The number of anilines is 2. The molecule has 0 bridgehead atoms. The Bertz CT molecular complexity index is 704. The molecule has 3 N–H and O–H groups in total. The molecule has 6 nitrogen and oxygen atoms in total. The highest BCUT2D eigenvalue weighted by molar-refractivity contribution is 6.31. The van der Waals surface area contributed by atoms with Crippen LogP contribution in [0, 0.1) is 6.92 Å². The van der Waals surface area contributed by atoms with Crippen molar-refractivity contribution in [3.8, 4) is 0 Å². The summed E-state index contributed by atoms with van der Waals surface area (Å²) in [5.74, 6) is -1.11. The second-order valence-corrected chi connectivity index (χ2v) is 4.72. The van der Waals surface area contributed by atoms with Crippen molar-refractivity contribution in [2.45, 2.75) is 6.92 Å². The number of benzene rings is 1. The topological polar surface area (TPSA) is 91.3 Å². The van der Waals surface area contributed by atoms with Crippen LogP contribution in [0.1, 0.15) is 15.9 Å². The van der Waals surface area contributed by atoms with Crippen LogP contribution >= 0.6 is 11.6 Å². The third-order valence-electron chi connectivity index (χ3n) is 2.67. The Morgan fingerprint density at radius 1 is 1.14 bits per heavy atom. The summed E-state index contributed by atoms with van der Waals surface area (Å²) in [5.41, 5.74) is 1.71. The number of aromatic nitrogens is 1. The van der Waals surface area contributed by atoms with E-state index < -0.39 is 12.0 Å². The van der Waals surface area contributed by atoms with E-state index in [9.17, 15) is 9.59 Å². The summed E-state index contributed by atoms with van der Waals surface area (Å²) < 4.78 is 0. The zero-order valence-electron chi connectivity index (χ0n) is 11.1. The largest absolute Gasteiger partial charge is 0.478 e. The van der Waals surface area contributed by atoms with E-state index in [4.69, 9.17) is 16.7 Å². The quantitative estimate of drug-likeness (QED) is 0.810. The van der Waals surface area contributed by atoms with Crippen LogP contribution in [0.2, 0.25) is 5.02 Å². The molecule has 0 unspecified atom stereocenters. The van der Waals surface area contributed by atoms with Crippen LogP contribution in [0.25, 0.3) is 0 Å². The van der Waals surface area contributed by atoms with Crippen molar-refractivity contribution in [1.29, 1.82) is 0 Å². The van der Waals surface area contributed by atoms with Crippen molar-refractivity contribution in [3.63, 3.8) is 0 Å². The zero-order chi connectivity index (χ0) is 15.4. The van der Waals surface area contributed by atoms with E-state index in [-0.39, 0.29) is 11.3 Å². The molecule has 0 atom stereocenters. The SMILES string of the molecule is Cc1ccc(NC(=O)Nc2cncc(C(=O)O)c2)cc1Cl. The number of aromatic carboxylic acids is 1. The maximum atomic E-state index is 11.8. The Labute approximate surface area is 125 Å². The summed E-state index contributed by atoms with van der Waals surface area (Å²) in [4.78, 5) is 26.4. The van der Waals surface area contributed by atoms with Gasteiger partial charge in [-0.15, -0.1) is 0 Å². The number of nitrogens with zero attached hydrogens (tertiary/aromatic N) is 1. The second kappa shape index (κ2) is 6.23. The molecule has 2 amide bonds. The monoisotopic (exact) mass is 305 g/mol. The van der Waals surface area contributed by atoms with Gasteiger partial charge in [-0.2, -0.15) is 0 Å². The van der Waals surface area contributed by atoms with Crippen molar-refractivity contribution in [3.05, 3.63) is 52.8 Å². The Kier molecular flexibility index (Phi) is 4.39. The van der Waals surface area contributed by atoms with E-state index in [0.29, 0.717) is 10.7 Å². The van der Waals surface area contributed by atoms with Gasteiger partial charge < -0.3 is 15.7 Å². The second-order valence-electron chi connectivity index (χ2n) is 4.31. The normalized spacial score (nSPS) is 10.0. The predicted octanol–water partition coefficient (Wildman–Crippen LogP) is 3.39. The number of carboxylic acids is 1. The lowest BCUT2D eigenvalue weighted by Gasteiger charge is -2.08. The van der Waals surface area contributed by atoms with Crippen LogP contribution < -0.4 is 10.6 Å². The van der Waals surface area contributed by atoms with Crippen molar-refractivity contribution in [2.24, 2.45) is 0 Å². The van der Waals surface area contributed by atoms with Crippen LogP contribution in [-0.2, 0) is 0 Å². The van der Waals surface area contributed by atoms with Gasteiger partial charge in [-0.05, 0) is 30.7 Å². The van der Waals surface area contributed by atoms with Gasteiger partial charge in [0.1, 0.15) is 0 Å². The lowest BCUT2D eigenvalue weighted by Crippen LogP contribution is -2.19. The minimum absolute atomic E-state index is 0.00817. The fourth-order valence-corrected chi connectivity index (χ4v) is 1.77. The summed E-state index contributed by atoms with van der Waals surface area (Å²) in [6.07, 6.45) is 2.55. The molecule has 7 heteroatoms. The minimum atomic E-state index is -1.11. The first-order valence-electron chi connectivity index (χ1n) is 5.98. The summed E-state index contributed by atoms with van der Waals surface area (Å²) in [5, 5.41) is 14.5. The van der Waals surface area contributed by atoms with Crippen molar-refractivity contribution < 1.29 is 14.7 Å². The predicted molar refractivity (Wildman–Crippen MR) is 80.0 cm³/mol. The number of rotatable bonds is 3. The standard InChI is InChI=1S/C14H12ClN3O3/c1-8-2-3-10(5-12(8)15)17-14(21)18-11-4-9(13(19)20)6-16-7-11/h2-7H,1H3,(H,19,20)(H2,17,18,21). The number of urea groups is 1. The third kappa shape index (κ3) is 3.93. The van der Waals surface area contributed by atoms with Crippen LogP contribution in [0.15, 0.2) is 36.7 Å². The number of carbonyl (C=O) groups is 2. The number of aryl methyl sites for hydroxylation is 1. The van der Waals surface area contributed by atoms with Crippen molar-refractivity contribution in [2.75, 3.05) is 10.6 Å². The number of amides is 2. The lowest BCUT2D eigenvalue weighted by molar-refractivity contribution is 0.0696. The first-order chi connectivity index (χ1) is 9.95. The van der Waals surface area contributed by atoms with Crippen molar-refractivity contribution in [1.82, 2.24) is 4.98 Å². The molecule has 0 saturated carbocycles. The number of halogens is 1. The Balaban J connectivity index is 2.06. The Hall–Kier alpha value is -2.60. The maximum absolute atomic E-state index is 11.8. The van der Waals surface area contributed by atoms with E-state index >= 15 is 0 Å². The molecular formula is C14H12ClN3O3. The highest BCUT2D eigenvalue weighted by Crippen LogP contribution is 2.20. The summed E-state index contributed by atoms with van der Waals surface area (Å²) in [6, 6.07) is 5.93. The molecule has 1 aromatic heterocycles. The van der Waals surface area contributed by atoms with Crippen molar-refractivity contribution >= 4 is 35.0 Å². The molecule has 0 aliphatic carbocycles. The molecule has 0 radical (unpaired) electrons. The fraction of sp³-hybridized carbons (Fsp3) is 0.0714. The molecule has 0 saturated heterocycles. The van der Waals surface area contributed by atoms with E-state index in [0.717, 1.165) is 5.56 Å². The number of hydrogen-bond donors (Lipinski definition) is 3. The summed E-state index contributed by atoms with van der Waals surface area (Å²) in [6.45, 7) is 1.86. The van der Waals surface area contributed by atoms with Crippen LogP contribution in [0.4, 0.5) is 16.2 Å². The molecule has 1 aromatic carbocycles. The van der Waals surface area contributed by atoms with Gasteiger partial charge in [0.25, 0.3) is 0 Å². The maximum Gasteiger partial charge on any atom is 0.337 e. The van der Waals surface area contributed by atoms with Gasteiger partial charge in [0.2, 0.25) is 0 Å². The van der Waals surface area contributed by atoms with Crippen LogP contribution in [0.5, 0.6) is 0 Å². The number of carbonyl (C=O) groups excluding carboxylic acids is 1. The number of pyridine rings is 1. The van der Waals surface area contributed by atoms with Crippen LogP contribution in [-0.4, -0.2) is 22.1 Å². The lowest BCUT2D eigenvalue weighted by atomic mass is 10.2. The minimum Gasteiger partial charge on any atom is -0.478 e. The molecule has 0 aliphatic rings. The molecule has 21 heavy (non-hydrogen) atoms. The third-order valence-corrected chi connectivity index (χ3v) is 3.08. The van der Waals surface area contributed by atoms with Gasteiger partial charge in [-0.3, -0.25) is 4.98 Å². The van der Waals surface area contributed by atoms with E-state index in [1.165, 1.54) is 18.5 Å². The zero-order valence-corrected chi connectivity index (χ0v) is 11.8. The Morgan fingerprint density at radius 2 is 1.86 bits per heavy atom. The van der Waals surface area contributed by atoms with Gasteiger partial charge in [-0.25, -0.2) is 9.59 Å². The van der Waals surface area contributed by atoms with E-state index in [2.05, 4.69) is 15.6 Å². The molecule has 2 aromatic rings. The molecule has 2 rings (SSSR count). The summed E-state index contributed by atoms with van der Waals surface area (Å²) in [7, 11) is 0. The molecule has 0 fully saturated rings. The van der Waals surface area contributed by atoms with Gasteiger partial charge in [0.05, 0.1) is 17.4 Å². The van der Waals surface area contributed by atoms with Gasteiger partial charge in [0.15, 0.2) is 0 Å². The smallest absolute Gasteiger partial charge is 0.337 e. The summed E-state index contributed by atoms with van der Waals surface area (Å²) >= 11 is 5.97. The molecule has 1 heterocycles.